The first kappa shape index (κ1) is 12.8. The quantitative estimate of drug-likeness (QED) is 0.679. The highest BCUT2D eigenvalue weighted by Gasteiger charge is 2.23. The number of nitrogens with zero attached hydrogens (tertiary/aromatic N) is 2. The minimum Gasteiger partial charge on any atom is -0.373 e. The fourth-order valence-electron chi connectivity index (χ4n) is 2.98. The highest BCUT2D eigenvalue weighted by Crippen LogP contribution is 2.38. The third-order valence-corrected chi connectivity index (χ3v) is 4.11. The van der Waals surface area contributed by atoms with Crippen molar-refractivity contribution in [3.05, 3.63) is 53.2 Å². The van der Waals surface area contributed by atoms with Crippen molar-refractivity contribution in [3.63, 3.8) is 0 Å². The molecular weight excluding hydrogens is 291 g/mol. The minimum atomic E-state index is -0.326. The van der Waals surface area contributed by atoms with Crippen LogP contribution in [0.5, 0.6) is 0 Å². The monoisotopic (exact) mass is 302 g/mol. The van der Waals surface area contributed by atoms with Gasteiger partial charge in [0, 0.05) is 34.3 Å². The fraction of sp³-hybridized carbons (Fsp3) is 0.188. The Morgan fingerprint density at radius 3 is 3.05 bits per heavy atom. The van der Waals surface area contributed by atoms with Crippen LogP contribution in [0.1, 0.15) is 5.69 Å². The lowest BCUT2D eigenvalue weighted by atomic mass is 10.0. The van der Waals surface area contributed by atoms with E-state index in [1.54, 1.807) is 12.3 Å². The van der Waals surface area contributed by atoms with Crippen LogP contribution in [0.4, 0.5) is 4.39 Å². The van der Waals surface area contributed by atoms with Gasteiger partial charge in [0.2, 0.25) is 0 Å². The van der Waals surface area contributed by atoms with E-state index in [1.165, 1.54) is 6.20 Å². The van der Waals surface area contributed by atoms with Gasteiger partial charge in [-0.15, -0.1) is 0 Å². The van der Waals surface area contributed by atoms with Crippen LogP contribution in [0.3, 0.4) is 0 Å². The molecule has 0 bridgehead atoms. The van der Waals surface area contributed by atoms with Gasteiger partial charge in [-0.2, -0.15) is 0 Å². The number of hydrogen-bond acceptors (Lipinski definition) is 2. The Morgan fingerprint density at radius 2 is 2.19 bits per heavy atom. The zero-order valence-electron chi connectivity index (χ0n) is 11.1. The molecule has 1 aliphatic heterocycles. The van der Waals surface area contributed by atoms with E-state index in [0.717, 1.165) is 28.7 Å². The summed E-state index contributed by atoms with van der Waals surface area (Å²) in [5, 5.41) is 1.67. The van der Waals surface area contributed by atoms with Crippen molar-refractivity contribution in [1.29, 1.82) is 0 Å². The highest BCUT2D eigenvalue weighted by atomic mass is 35.5. The van der Waals surface area contributed by atoms with Gasteiger partial charge in [0.25, 0.3) is 0 Å². The van der Waals surface area contributed by atoms with E-state index in [-0.39, 0.29) is 5.82 Å². The number of pyridine rings is 1. The topological polar surface area (TPSA) is 27.1 Å². The second-order valence-electron chi connectivity index (χ2n) is 5.04. The highest BCUT2D eigenvalue weighted by molar-refractivity contribution is 6.31. The van der Waals surface area contributed by atoms with E-state index in [9.17, 15) is 4.39 Å². The molecule has 0 unspecified atom stereocenters. The van der Waals surface area contributed by atoms with Crippen molar-refractivity contribution < 1.29 is 9.13 Å². The number of ether oxygens (including phenoxy) is 1. The number of hydrogen-bond donors (Lipinski definition) is 0. The summed E-state index contributed by atoms with van der Waals surface area (Å²) in [5.74, 6) is -0.326. The fourth-order valence-corrected chi connectivity index (χ4v) is 3.15. The molecule has 0 saturated carbocycles. The third kappa shape index (κ3) is 1.94. The summed E-state index contributed by atoms with van der Waals surface area (Å²) < 4.78 is 21.9. The molecule has 106 valence electrons. The molecule has 0 fully saturated rings. The molecule has 0 amide bonds. The summed E-state index contributed by atoms with van der Waals surface area (Å²) in [6.07, 6.45) is 2.85. The Bertz CT molecular complexity index is 844. The lowest BCUT2D eigenvalue weighted by molar-refractivity contribution is 0.0869. The van der Waals surface area contributed by atoms with Gasteiger partial charge in [0.05, 0.1) is 30.6 Å². The average molecular weight is 303 g/mol. The number of aromatic nitrogens is 2. The molecule has 0 N–H and O–H groups in total. The molecule has 2 aromatic heterocycles. The summed E-state index contributed by atoms with van der Waals surface area (Å²) >= 11 is 6.12. The van der Waals surface area contributed by atoms with Gasteiger partial charge in [-0.3, -0.25) is 4.98 Å². The molecule has 0 spiro atoms. The second-order valence-corrected chi connectivity index (χ2v) is 5.48. The standard InChI is InChI=1S/C16H12ClFN2O/c17-10-1-2-12-14(7-10)20-5-6-21-9-15(20)16(12)11-3-4-19-8-13(11)18/h1-4,7-8H,5-6,9H2. The van der Waals surface area contributed by atoms with Crippen LogP contribution in [0.2, 0.25) is 5.02 Å². The molecule has 3 aromatic rings. The summed E-state index contributed by atoms with van der Waals surface area (Å²) in [6.45, 7) is 1.88. The molecule has 0 aliphatic carbocycles. The van der Waals surface area contributed by atoms with Gasteiger partial charge in [0.1, 0.15) is 5.82 Å². The first-order valence-corrected chi connectivity index (χ1v) is 7.12. The molecule has 1 aliphatic rings. The van der Waals surface area contributed by atoms with Gasteiger partial charge in [-0.1, -0.05) is 17.7 Å². The van der Waals surface area contributed by atoms with E-state index < -0.39 is 0 Å². The van der Waals surface area contributed by atoms with Crippen LogP contribution >= 0.6 is 11.6 Å². The number of halogens is 2. The lowest BCUT2D eigenvalue weighted by Crippen LogP contribution is -2.16. The number of rotatable bonds is 1. The Labute approximate surface area is 125 Å². The predicted molar refractivity (Wildman–Crippen MR) is 79.8 cm³/mol. The van der Waals surface area contributed by atoms with Crippen LogP contribution in [0.15, 0.2) is 36.7 Å². The Kier molecular flexibility index (Phi) is 2.94. The molecule has 21 heavy (non-hydrogen) atoms. The maximum Gasteiger partial charge on any atom is 0.149 e. The Balaban J connectivity index is 2.11. The summed E-state index contributed by atoms with van der Waals surface area (Å²) in [4.78, 5) is 3.83. The molecule has 3 nitrogen and oxygen atoms in total. The average Bonchev–Trinajstić information content (AvgIpc) is 2.82. The van der Waals surface area contributed by atoms with Gasteiger partial charge in [0.15, 0.2) is 0 Å². The largest absolute Gasteiger partial charge is 0.373 e. The molecule has 5 heteroatoms. The normalized spacial score (nSPS) is 14.4. The van der Waals surface area contributed by atoms with Gasteiger partial charge in [-0.25, -0.2) is 4.39 Å². The summed E-state index contributed by atoms with van der Waals surface area (Å²) in [7, 11) is 0. The maximum absolute atomic E-state index is 14.2. The van der Waals surface area contributed by atoms with Crippen LogP contribution in [0.25, 0.3) is 22.0 Å². The van der Waals surface area contributed by atoms with Crippen LogP contribution < -0.4 is 0 Å². The molecule has 0 atom stereocenters. The number of benzene rings is 1. The van der Waals surface area contributed by atoms with E-state index >= 15 is 0 Å². The van der Waals surface area contributed by atoms with Crippen molar-refractivity contribution in [2.24, 2.45) is 0 Å². The molecule has 3 heterocycles. The minimum absolute atomic E-state index is 0.326. The molecule has 4 rings (SSSR count). The van der Waals surface area contributed by atoms with Gasteiger partial charge in [-0.05, 0) is 18.2 Å². The Hall–Kier alpha value is -1.91. The maximum atomic E-state index is 14.2. The van der Waals surface area contributed by atoms with Crippen LogP contribution in [-0.4, -0.2) is 16.2 Å². The lowest BCUT2D eigenvalue weighted by Gasteiger charge is -2.18. The van der Waals surface area contributed by atoms with E-state index in [0.29, 0.717) is 23.8 Å². The molecule has 1 aromatic carbocycles. The predicted octanol–water partition coefficient (Wildman–Crippen LogP) is 4.03. The van der Waals surface area contributed by atoms with Crippen LogP contribution in [-0.2, 0) is 17.9 Å². The van der Waals surface area contributed by atoms with E-state index in [1.807, 2.05) is 18.2 Å². The van der Waals surface area contributed by atoms with E-state index in [4.69, 9.17) is 16.3 Å². The first-order valence-electron chi connectivity index (χ1n) is 6.74. The molecule has 0 saturated heterocycles. The summed E-state index contributed by atoms with van der Waals surface area (Å²) in [6, 6.07) is 7.40. The zero-order chi connectivity index (χ0) is 14.4. The van der Waals surface area contributed by atoms with Crippen molar-refractivity contribution in [3.8, 4) is 11.1 Å². The van der Waals surface area contributed by atoms with Crippen molar-refractivity contribution >= 4 is 22.5 Å². The summed E-state index contributed by atoms with van der Waals surface area (Å²) in [5.41, 5.74) is 3.44. The second kappa shape index (κ2) is 4.83. The number of fused-ring (bicyclic) bond motifs is 3. The van der Waals surface area contributed by atoms with Gasteiger partial charge < -0.3 is 9.30 Å². The SMILES string of the molecule is Fc1cnccc1-c1c2n(c3cc(Cl)ccc13)CCOC2. The smallest absolute Gasteiger partial charge is 0.149 e. The van der Waals surface area contributed by atoms with E-state index in [2.05, 4.69) is 9.55 Å². The zero-order valence-corrected chi connectivity index (χ0v) is 11.9. The van der Waals surface area contributed by atoms with Crippen molar-refractivity contribution in [2.45, 2.75) is 13.2 Å². The Morgan fingerprint density at radius 1 is 1.29 bits per heavy atom. The molecular formula is C16H12ClFN2O. The molecule has 0 radical (unpaired) electrons. The van der Waals surface area contributed by atoms with Crippen LogP contribution in [0, 0.1) is 5.82 Å². The van der Waals surface area contributed by atoms with Crippen molar-refractivity contribution in [2.75, 3.05) is 6.61 Å². The van der Waals surface area contributed by atoms with Gasteiger partial charge >= 0.3 is 0 Å². The third-order valence-electron chi connectivity index (χ3n) is 3.87. The van der Waals surface area contributed by atoms with Crippen molar-refractivity contribution in [1.82, 2.24) is 9.55 Å². The first-order chi connectivity index (χ1) is 10.3.